The van der Waals surface area contributed by atoms with Crippen LogP contribution in [0.1, 0.15) is 0 Å². The Morgan fingerprint density at radius 3 is 2.56 bits per heavy atom. The van der Waals surface area contributed by atoms with Gasteiger partial charge < -0.3 is 24.1 Å². The molecule has 164 valence electrons. The molecule has 8 nitrogen and oxygen atoms in total. The van der Waals surface area contributed by atoms with Gasteiger partial charge in [0.25, 0.3) is 5.56 Å². The zero-order valence-electron chi connectivity index (χ0n) is 17.5. The largest absolute Gasteiger partial charge is 0.612 e. The average Bonchev–Trinajstić information content (AvgIpc) is 2.82. The van der Waals surface area contributed by atoms with Gasteiger partial charge in [0.2, 0.25) is 0 Å². The van der Waals surface area contributed by atoms with Crippen molar-refractivity contribution in [3.05, 3.63) is 65.0 Å². The van der Waals surface area contributed by atoms with E-state index in [0.29, 0.717) is 44.5 Å². The summed E-state index contributed by atoms with van der Waals surface area (Å²) in [5.74, 6) is 1.37. The molecule has 0 bridgehead atoms. The highest BCUT2D eigenvalue weighted by molar-refractivity contribution is 7.90. The number of H-pyrrole nitrogens is 1. The summed E-state index contributed by atoms with van der Waals surface area (Å²) in [7, 11) is 1.55. The molecule has 0 aliphatic carbocycles. The van der Waals surface area contributed by atoms with Crippen LogP contribution < -0.4 is 15.0 Å². The van der Waals surface area contributed by atoms with E-state index < -0.39 is 11.2 Å². The van der Waals surface area contributed by atoms with Gasteiger partial charge in [0, 0.05) is 11.6 Å². The van der Waals surface area contributed by atoms with Gasteiger partial charge in [0.05, 0.1) is 24.6 Å². The van der Waals surface area contributed by atoms with E-state index >= 15 is 0 Å². The van der Waals surface area contributed by atoms with Crippen LogP contribution in [-0.4, -0.2) is 51.2 Å². The lowest BCUT2D eigenvalue weighted by Gasteiger charge is -2.13. The Kier molecular flexibility index (Phi) is 6.40. The molecule has 0 radical (unpaired) electrons. The van der Waals surface area contributed by atoms with E-state index in [-0.39, 0.29) is 18.8 Å². The van der Waals surface area contributed by atoms with Gasteiger partial charge in [-0.15, -0.1) is 0 Å². The van der Waals surface area contributed by atoms with E-state index in [2.05, 4.69) is 15.0 Å². The van der Waals surface area contributed by atoms with Crippen molar-refractivity contribution in [2.45, 2.75) is 4.90 Å². The van der Waals surface area contributed by atoms with Crippen LogP contribution in [0.3, 0.4) is 0 Å². The molecule has 1 atom stereocenters. The minimum Gasteiger partial charge on any atom is -0.612 e. The van der Waals surface area contributed by atoms with Gasteiger partial charge in [0.1, 0.15) is 35.7 Å². The molecule has 2 aromatic heterocycles. The summed E-state index contributed by atoms with van der Waals surface area (Å²) < 4.78 is 22.6. The molecule has 2 heterocycles. The molecule has 2 N–H and O–H groups in total. The zero-order chi connectivity index (χ0) is 22.7. The van der Waals surface area contributed by atoms with Gasteiger partial charge in [-0.3, -0.25) is 4.79 Å². The Labute approximate surface area is 187 Å². The lowest BCUT2D eigenvalue weighted by molar-refractivity contribution is 0.201. The molecule has 1 unspecified atom stereocenters. The summed E-state index contributed by atoms with van der Waals surface area (Å²) in [6.07, 6.45) is 1.61. The number of methoxy groups -OCH3 is 1. The zero-order valence-corrected chi connectivity index (χ0v) is 18.3. The molecule has 4 aromatic rings. The number of fused-ring (bicyclic) bond motifs is 1. The first-order valence-corrected chi connectivity index (χ1v) is 11.3. The predicted molar refractivity (Wildman–Crippen MR) is 122 cm³/mol. The van der Waals surface area contributed by atoms with E-state index in [1.54, 1.807) is 68.0 Å². The number of nitrogens with zero attached hydrogens (tertiary/aromatic N) is 2. The van der Waals surface area contributed by atoms with Gasteiger partial charge in [0.15, 0.2) is 10.7 Å². The highest BCUT2D eigenvalue weighted by Crippen LogP contribution is 2.31. The Bertz CT molecular complexity index is 1310. The monoisotopic (exact) mass is 451 g/mol. The number of hydrogen-bond donors (Lipinski definition) is 2. The number of nitrogens with one attached hydrogen (secondary N) is 1. The topological polar surface area (TPSA) is 120 Å². The first-order valence-electron chi connectivity index (χ1n) is 9.77. The lowest BCUT2D eigenvalue weighted by atomic mass is 10.1. The fourth-order valence-corrected chi connectivity index (χ4v) is 3.75. The van der Waals surface area contributed by atoms with Crippen molar-refractivity contribution in [2.24, 2.45) is 0 Å². The minimum absolute atomic E-state index is 0.107. The molecule has 0 fully saturated rings. The molecule has 0 aliphatic heterocycles. The maximum Gasteiger partial charge on any atom is 0.259 e. The Balaban J connectivity index is 1.83. The third kappa shape index (κ3) is 4.45. The quantitative estimate of drug-likeness (QED) is 0.415. The van der Waals surface area contributed by atoms with E-state index in [9.17, 15) is 9.35 Å². The Morgan fingerprint density at radius 1 is 1.09 bits per heavy atom. The van der Waals surface area contributed by atoms with Gasteiger partial charge in [-0.05, 0) is 59.7 Å². The van der Waals surface area contributed by atoms with Crippen molar-refractivity contribution in [1.29, 1.82) is 0 Å². The second-order valence-electron chi connectivity index (χ2n) is 6.89. The molecule has 0 spiro atoms. The summed E-state index contributed by atoms with van der Waals surface area (Å²) in [6.45, 7) is -0.0354. The summed E-state index contributed by atoms with van der Waals surface area (Å²) in [5, 5.41) is 9.60. The van der Waals surface area contributed by atoms with Crippen LogP contribution in [0.15, 0.2) is 64.3 Å². The summed E-state index contributed by atoms with van der Waals surface area (Å²) in [4.78, 5) is 25.3. The maximum absolute atomic E-state index is 12.6. The first kappa shape index (κ1) is 21.8. The molecule has 32 heavy (non-hydrogen) atoms. The SMILES string of the molecule is COc1ccc2c(=O)[nH]c(-c3ccc(OCCO)c(-c4ccc([S+](C)[O-])cc4)n3)nc2c1. The number of aliphatic hydroxyl groups excluding tert-OH is 1. The van der Waals surface area contributed by atoms with Crippen LogP contribution in [0, 0.1) is 0 Å². The van der Waals surface area contributed by atoms with Gasteiger partial charge in [-0.25, -0.2) is 9.97 Å². The fraction of sp³-hybridized carbons (Fsp3) is 0.174. The van der Waals surface area contributed by atoms with E-state index in [0.717, 1.165) is 5.56 Å². The standard InChI is InChI=1S/C23H21N3O5S/c1-30-15-5-8-17-19(13-15)25-22(26-23(17)28)18-9-10-20(31-12-11-27)21(24-18)14-3-6-16(7-4-14)32(2)29/h3-10,13,27H,11-12H2,1-2H3,(H,25,26,28). The van der Waals surface area contributed by atoms with Crippen LogP contribution in [0.25, 0.3) is 33.7 Å². The predicted octanol–water partition coefficient (Wildman–Crippen LogP) is 2.77. The summed E-state index contributed by atoms with van der Waals surface area (Å²) >= 11 is -1.10. The number of aliphatic hydroxyl groups is 1. The van der Waals surface area contributed by atoms with E-state index in [1.165, 1.54) is 0 Å². The number of aromatic amines is 1. The van der Waals surface area contributed by atoms with Crippen molar-refractivity contribution >= 4 is 22.1 Å². The number of ether oxygens (including phenoxy) is 2. The Hall–Kier alpha value is -3.40. The van der Waals surface area contributed by atoms with Crippen molar-refractivity contribution < 1.29 is 19.1 Å². The van der Waals surface area contributed by atoms with Crippen LogP contribution in [0.4, 0.5) is 0 Å². The number of rotatable bonds is 7. The average molecular weight is 452 g/mol. The van der Waals surface area contributed by atoms with Crippen LogP contribution in [-0.2, 0) is 11.2 Å². The highest BCUT2D eigenvalue weighted by Gasteiger charge is 2.15. The molecule has 0 saturated carbocycles. The molecule has 0 saturated heterocycles. The Morgan fingerprint density at radius 2 is 1.88 bits per heavy atom. The van der Waals surface area contributed by atoms with Crippen LogP contribution in [0.2, 0.25) is 0 Å². The van der Waals surface area contributed by atoms with Crippen molar-refractivity contribution in [1.82, 2.24) is 15.0 Å². The third-order valence-corrected chi connectivity index (χ3v) is 5.76. The third-order valence-electron chi connectivity index (χ3n) is 4.82. The van der Waals surface area contributed by atoms with Gasteiger partial charge >= 0.3 is 0 Å². The fourth-order valence-electron chi connectivity index (χ4n) is 3.23. The van der Waals surface area contributed by atoms with Crippen molar-refractivity contribution in [3.8, 4) is 34.3 Å². The number of pyridine rings is 1. The lowest BCUT2D eigenvalue weighted by Crippen LogP contribution is -2.10. The van der Waals surface area contributed by atoms with Crippen LogP contribution in [0.5, 0.6) is 11.5 Å². The highest BCUT2D eigenvalue weighted by atomic mass is 32.2. The summed E-state index contributed by atoms with van der Waals surface area (Å²) in [5.41, 5.74) is 1.89. The molecule has 0 amide bonds. The molecule has 0 aliphatic rings. The first-order chi connectivity index (χ1) is 15.5. The normalized spacial score (nSPS) is 12.0. The molecular weight excluding hydrogens is 430 g/mol. The van der Waals surface area contributed by atoms with Crippen molar-refractivity contribution in [2.75, 3.05) is 26.6 Å². The molecule has 4 rings (SSSR count). The number of benzene rings is 2. The van der Waals surface area contributed by atoms with Gasteiger partial charge in [-0.2, -0.15) is 0 Å². The molecule has 9 heteroatoms. The van der Waals surface area contributed by atoms with E-state index in [4.69, 9.17) is 14.6 Å². The van der Waals surface area contributed by atoms with Gasteiger partial charge in [-0.1, -0.05) is 0 Å². The molecule has 2 aromatic carbocycles. The van der Waals surface area contributed by atoms with Crippen LogP contribution >= 0.6 is 0 Å². The molecular formula is C23H21N3O5S. The smallest absolute Gasteiger partial charge is 0.259 e. The maximum atomic E-state index is 12.6. The second kappa shape index (κ2) is 9.39. The second-order valence-corrected chi connectivity index (χ2v) is 8.27. The minimum atomic E-state index is -1.10. The number of hydrogen-bond acceptors (Lipinski definition) is 7. The number of aromatic nitrogens is 3. The van der Waals surface area contributed by atoms with Crippen molar-refractivity contribution in [3.63, 3.8) is 0 Å². The van der Waals surface area contributed by atoms with E-state index in [1.807, 2.05) is 0 Å². The summed E-state index contributed by atoms with van der Waals surface area (Å²) in [6, 6.07) is 15.6.